The largest absolute Gasteiger partial charge is 0.506 e. The quantitative estimate of drug-likeness (QED) is 0.652. The molecule has 1 heterocycles. The normalized spacial score (nSPS) is 17.7. The van der Waals surface area contributed by atoms with Crippen LogP contribution in [-0.2, 0) is 20.9 Å². The Labute approximate surface area is 152 Å². The van der Waals surface area contributed by atoms with E-state index >= 15 is 0 Å². The van der Waals surface area contributed by atoms with Gasteiger partial charge in [-0.3, -0.25) is 0 Å². The van der Waals surface area contributed by atoms with Crippen LogP contribution in [0.5, 0.6) is 11.5 Å². The van der Waals surface area contributed by atoms with Crippen LogP contribution in [0.4, 0.5) is 0 Å². The Kier molecular flexibility index (Phi) is 5.20. The van der Waals surface area contributed by atoms with Crippen LogP contribution in [0.25, 0.3) is 5.57 Å². The van der Waals surface area contributed by atoms with Crippen LogP contribution in [0.1, 0.15) is 66.1 Å². The highest BCUT2D eigenvalue weighted by molar-refractivity contribution is 6.19. The number of benzene rings is 1. The molecule has 6 heteroatoms. The lowest BCUT2D eigenvalue weighted by molar-refractivity contribution is -0.143. The van der Waals surface area contributed by atoms with Gasteiger partial charge in [-0.2, -0.15) is 0 Å². The van der Waals surface area contributed by atoms with Crippen molar-refractivity contribution in [2.45, 2.75) is 58.7 Å². The van der Waals surface area contributed by atoms with Gasteiger partial charge in [-0.15, -0.1) is 0 Å². The fraction of sp³-hybridized carbons (Fsp3) is 0.500. The van der Waals surface area contributed by atoms with E-state index in [-0.39, 0.29) is 35.2 Å². The number of hydrogen-bond acceptors (Lipinski definition) is 6. The lowest BCUT2D eigenvalue weighted by Gasteiger charge is -2.23. The van der Waals surface area contributed by atoms with Crippen molar-refractivity contribution in [2.75, 3.05) is 7.11 Å². The molecule has 140 valence electrons. The minimum Gasteiger partial charge on any atom is -0.506 e. The molecule has 1 aromatic carbocycles. The predicted molar refractivity (Wildman–Crippen MR) is 95.1 cm³/mol. The molecular weight excluding hydrogens is 336 g/mol. The highest BCUT2D eigenvalue weighted by atomic mass is 16.5. The number of phenols is 1. The first-order chi connectivity index (χ1) is 12.5. The molecule has 6 nitrogen and oxygen atoms in total. The van der Waals surface area contributed by atoms with Crippen molar-refractivity contribution in [3.8, 4) is 11.5 Å². The lowest BCUT2D eigenvalue weighted by atomic mass is 9.92. The molecule has 0 atom stereocenters. The lowest BCUT2D eigenvalue weighted by Crippen LogP contribution is -2.22. The second kappa shape index (κ2) is 7.40. The minimum atomic E-state index is -0.597. The maximum atomic E-state index is 12.8. The fourth-order valence-corrected chi connectivity index (χ4v) is 3.76. The Balaban J connectivity index is 2.03. The third-order valence-electron chi connectivity index (χ3n) is 5.16. The second-order valence-electron chi connectivity index (χ2n) is 6.68. The third kappa shape index (κ3) is 3.04. The molecule has 0 unspecified atom stereocenters. The molecule has 0 radical (unpaired) electrons. The van der Waals surface area contributed by atoms with Crippen molar-refractivity contribution in [2.24, 2.45) is 0 Å². The van der Waals surface area contributed by atoms with Gasteiger partial charge in [0.1, 0.15) is 29.8 Å². The Morgan fingerprint density at radius 3 is 2.58 bits per heavy atom. The van der Waals surface area contributed by atoms with E-state index in [1.165, 1.54) is 7.11 Å². The molecule has 3 rings (SSSR count). The first-order valence-corrected chi connectivity index (χ1v) is 8.96. The zero-order valence-corrected chi connectivity index (χ0v) is 15.4. The molecular formula is C20H24O6. The van der Waals surface area contributed by atoms with Gasteiger partial charge < -0.3 is 19.3 Å². The van der Waals surface area contributed by atoms with Crippen LogP contribution in [0.3, 0.4) is 0 Å². The summed E-state index contributed by atoms with van der Waals surface area (Å²) in [6.07, 6.45) is 6.41. The number of ether oxygens (including phenoxy) is 3. The number of allylic oxidation sites excluding steroid dienone is 1. The van der Waals surface area contributed by atoms with Gasteiger partial charge in [-0.1, -0.05) is 12.5 Å². The van der Waals surface area contributed by atoms with E-state index in [2.05, 4.69) is 0 Å². The first-order valence-electron chi connectivity index (χ1n) is 8.96. The Bertz CT molecular complexity index is 771. The SMILES string of the molecule is CC=C(C(=O)OC1CCCCC1)c1c(O)c2c(c(C)c1OC)COC2=O. The van der Waals surface area contributed by atoms with E-state index in [4.69, 9.17) is 14.2 Å². The average Bonchev–Trinajstić information content (AvgIpc) is 3.03. The molecule has 1 aliphatic heterocycles. The van der Waals surface area contributed by atoms with Gasteiger partial charge in [0.25, 0.3) is 0 Å². The Hall–Kier alpha value is -2.50. The molecule has 0 amide bonds. The standard InChI is InChI=1S/C20H24O6/c1-4-13(19(22)26-12-8-6-5-7-9-12)15-17(21)16-14(10-25-20(16)23)11(2)18(15)24-3/h4,12,21H,5-10H2,1-3H3. The third-order valence-corrected chi connectivity index (χ3v) is 5.16. The van der Waals surface area contributed by atoms with Gasteiger partial charge in [-0.25, -0.2) is 9.59 Å². The van der Waals surface area contributed by atoms with Crippen molar-refractivity contribution in [3.63, 3.8) is 0 Å². The summed E-state index contributed by atoms with van der Waals surface area (Å²) in [5.74, 6) is -1.05. The van der Waals surface area contributed by atoms with Crippen LogP contribution < -0.4 is 4.74 Å². The monoisotopic (exact) mass is 360 g/mol. The van der Waals surface area contributed by atoms with Crippen LogP contribution in [-0.4, -0.2) is 30.3 Å². The summed E-state index contributed by atoms with van der Waals surface area (Å²) < 4.78 is 16.2. The summed E-state index contributed by atoms with van der Waals surface area (Å²) in [4.78, 5) is 24.8. The van der Waals surface area contributed by atoms with Gasteiger partial charge in [0, 0.05) is 5.56 Å². The number of aromatic hydroxyl groups is 1. The summed E-state index contributed by atoms with van der Waals surface area (Å²) in [5, 5.41) is 10.7. The van der Waals surface area contributed by atoms with Gasteiger partial charge >= 0.3 is 11.9 Å². The van der Waals surface area contributed by atoms with Crippen molar-refractivity contribution in [1.29, 1.82) is 0 Å². The number of rotatable bonds is 4. The topological polar surface area (TPSA) is 82.1 Å². The van der Waals surface area contributed by atoms with E-state index in [0.717, 1.165) is 32.1 Å². The van der Waals surface area contributed by atoms with E-state index in [0.29, 0.717) is 16.9 Å². The van der Waals surface area contributed by atoms with E-state index in [1.807, 2.05) is 0 Å². The molecule has 0 spiro atoms. The minimum absolute atomic E-state index is 0.0852. The first kappa shape index (κ1) is 18.3. The van der Waals surface area contributed by atoms with Gasteiger partial charge in [0.2, 0.25) is 0 Å². The summed E-state index contributed by atoms with van der Waals surface area (Å²) in [7, 11) is 1.47. The van der Waals surface area contributed by atoms with Gasteiger partial charge in [-0.05, 0) is 45.1 Å². The van der Waals surface area contributed by atoms with Crippen LogP contribution >= 0.6 is 0 Å². The molecule has 26 heavy (non-hydrogen) atoms. The summed E-state index contributed by atoms with van der Waals surface area (Å²) in [6, 6.07) is 0. The van der Waals surface area contributed by atoms with Crippen molar-refractivity contribution >= 4 is 17.5 Å². The molecule has 1 N–H and O–H groups in total. The molecule has 1 aliphatic carbocycles. The number of cyclic esters (lactones) is 1. The molecule has 1 aromatic rings. The molecule has 0 bridgehead atoms. The average molecular weight is 360 g/mol. The fourth-order valence-electron chi connectivity index (χ4n) is 3.76. The molecule has 0 aromatic heterocycles. The molecule has 1 saturated carbocycles. The van der Waals surface area contributed by atoms with Crippen molar-refractivity contribution in [1.82, 2.24) is 0 Å². The van der Waals surface area contributed by atoms with E-state index in [1.54, 1.807) is 19.9 Å². The molecule has 1 fully saturated rings. The van der Waals surface area contributed by atoms with Crippen LogP contribution in [0.15, 0.2) is 6.08 Å². The number of phenolic OH excluding ortho intramolecular Hbond substituents is 1. The van der Waals surface area contributed by atoms with Crippen LogP contribution in [0, 0.1) is 6.92 Å². The second-order valence-corrected chi connectivity index (χ2v) is 6.68. The number of methoxy groups -OCH3 is 1. The number of esters is 2. The maximum absolute atomic E-state index is 12.8. The van der Waals surface area contributed by atoms with Gasteiger partial charge in [0.15, 0.2) is 0 Å². The summed E-state index contributed by atoms with van der Waals surface area (Å²) >= 11 is 0. The Morgan fingerprint density at radius 1 is 1.27 bits per heavy atom. The number of hydrogen-bond donors (Lipinski definition) is 1. The maximum Gasteiger partial charge on any atom is 0.342 e. The smallest absolute Gasteiger partial charge is 0.342 e. The summed E-state index contributed by atoms with van der Waals surface area (Å²) in [6.45, 7) is 3.56. The van der Waals surface area contributed by atoms with E-state index in [9.17, 15) is 14.7 Å². The number of fused-ring (bicyclic) bond motifs is 1. The zero-order valence-electron chi connectivity index (χ0n) is 15.4. The van der Waals surface area contributed by atoms with Crippen LogP contribution in [0.2, 0.25) is 0 Å². The van der Waals surface area contributed by atoms with Crippen molar-refractivity contribution < 1.29 is 28.9 Å². The zero-order chi connectivity index (χ0) is 18.8. The van der Waals surface area contributed by atoms with E-state index < -0.39 is 11.9 Å². The Morgan fingerprint density at radius 2 is 1.96 bits per heavy atom. The molecule has 0 saturated heterocycles. The number of carbonyl (C=O) groups excluding carboxylic acids is 2. The number of carbonyl (C=O) groups is 2. The highest BCUT2D eigenvalue weighted by Crippen LogP contribution is 2.45. The highest BCUT2D eigenvalue weighted by Gasteiger charge is 2.35. The predicted octanol–water partition coefficient (Wildman–Crippen LogP) is 3.66. The molecule has 2 aliphatic rings. The summed E-state index contributed by atoms with van der Waals surface area (Å²) in [5.41, 5.74) is 1.74. The van der Waals surface area contributed by atoms with Crippen molar-refractivity contribution in [3.05, 3.63) is 28.3 Å². The van der Waals surface area contributed by atoms with Gasteiger partial charge in [0.05, 0.1) is 18.2 Å².